The third-order valence-electron chi connectivity index (χ3n) is 5.13. The number of hydrogen-bond donors (Lipinski definition) is 0. The molecule has 1 aromatic carbocycles. The predicted octanol–water partition coefficient (Wildman–Crippen LogP) is 6.55. The number of nitro groups is 1. The van der Waals surface area contributed by atoms with Crippen LogP contribution in [0, 0.1) is 10.1 Å². The van der Waals surface area contributed by atoms with Crippen LogP contribution >= 0.6 is 7.60 Å². The number of ketones is 1. The molecule has 8 heteroatoms. The van der Waals surface area contributed by atoms with Gasteiger partial charge in [0.05, 0.1) is 17.2 Å². The summed E-state index contributed by atoms with van der Waals surface area (Å²) in [6.45, 7) is 7.53. The number of Topliss-reactive ketones (excluding diaryl/α,β-unsaturated/α-hetero) is 1. The van der Waals surface area contributed by atoms with Crippen LogP contribution in [0.5, 0.6) is 5.75 Å². The van der Waals surface area contributed by atoms with Crippen molar-refractivity contribution in [3.8, 4) is 5.75 Å². The van der Waals surface area contributed by atoms with E-state index in [-0.39, 0.29) is 29.8 Å². The molecule has 0 saturated carbocycles. The molecule has 7 nitrogen and oxygen atoms in total. The SMILES string of the molecule is C=C/C=C\CC1=C(C)[C@@H](OP(=O)(CCCCCC)Oc2ccc([N+](=O)[O-])cc2)CC1=O. The van der Waals surface area contributed by atoms with Gasteiger partial charge in [-0.15, -0.1) is 0 Å². The molecule has 1 aliphatic carbocycles. The van der Waals surface area contributed by atoms with Gasteiger partial charge < -0.3 is 4.52 Å². The van der Waals surface area contributed by atoms with Crippen LogP contribution in [0.25, 0.3) is 0 Å². The van der Waals surface area contributed by atoms with Crippen LogP contribution in [0.3, 0.4) is 0 Å². The van der Waals surface area contributed by atoms with E-state index in [4.69, 9.17) is 9.05 Å². The lowest BCUT2D eigenvalue weighted by molar-refractivity contribution is -0.384. The molecule has 1 aliphatic rings. The molecule has 1 unspecified atom stereocenters. The normalized spacial score (nSPS) is 18.4. The van der Waals surface area contributed by atoms with Gasteiger partial charge >= 0.3 is 7.60 Å². The number of carbonyl (C=O) groups excluding carboxylic acids is 1. The number of nitrogens with zero attached hydrogens (tertiary/aromatic N) is 1. The smallest absolute Gasteiger partial charge is 0.379 e. The van der Waals surface area contributed by atoms with Gasteiger partial charge in [0.15, 0.2) is 5.78 Å². The number of benzene rings is 1. The Morgan fingerprint density at radius 2 is 1.97 bits per heavy atom. The molecule has 2 atom stereocenters. The average Bonchev–Trinajstić information content (AvgIpc) is 2.99. The Kier molecular flexibility index (Phi) is 9.41. The predicted molar refractivity (Wildman–Crippen MR) is 121 cm³/mol. The number of unbranched alkanes of at least 4 members (excludes halogenated alkanes) is 3. The van der Waals surface area contributed by atoms with E-state index in [0.29, 0.717) is 18.4 Å². The first-order valence-electron chi connectivity index (χ1n) is 10.5. The van der Waals surface area contributed by atoms with Gasteiger partial charge in [-0.25, -0.2) is 4.57 Å². The number of hydrogen-bond acceptors (Lipinski definition) is 6. The highest BCUT2D eigenvalue weighted by Gasteiger charge is 2.37. The molecule has 0 spiro atoms. The van der Waals surface area contributed by atoms with E-state index >= 15 is 0 Å². The Bertz CT molecular complexity index is 903. The summed E-state index contributed by atoms with van der Waals surface area (Å²) in [6, 6.07) is 5.42. The van der Waals surface area contributed by atoms with Gasteiger partial charge in [0.25, 0.3) is 5.69 Å². The van der Waals surface area contributed by atoms with Gasteiger partial charge in [0, 0.05) is 24.1 Å². The largest absolute Gasteiger partial charge is 0.424 e. The van der Waals surface area contributed by atoms with Crippen molar-refractivity contribution >= 4 is 19.1 Å². The van der Waals surface area contributed by atoms with Gasteiger partial charge in [-0.05, 0) is 37.5 Å². The third kappa shape index (κ3) is 7.30. The summed E-state index contributed by atoms with van der Waals surface area (Å²) < 4.78 is 25.3. The lowest BCUT2D eigenvalue weighted by Gasteiger charge is -2.23. The maximum Gasteiger partial charge on any atom is 0.379 e. The zero-order chi connectivity index (χ0) is 22.9. The number of nitro benzene ring substituents is 1. The molecule has 2 rings (SSSR count). The highest BCUT2D eigenvalue weighted by Crippen LogP contribution is 2.52. The van der Waals surface area contributed by atoms with E-state index in [2.05, 4.69) is 13.5 Å². The standard InChI is InChI=1S/C23H30NO6P/c1-4-6-8-10-16-31(28,29-20-14-12-19(13-15-20)24(26)27)30-23-17-22(25)21(18(23)3)11-9-7-5-2/h5,7,9,12-15,23H,2,4,6,8,10-11,16-17H2,1,3H3/b9-7-/t23-,31?/m0/s1. The van der Waals surface area contributed by atoms with E-state index in [1.54, 1.807) is 12.2 Å². The van der Waals surface area contributed by atoms with Crippen LogP contribution in [0.2, 0.25) is 0 Å². The van der Waals surface area contributed by atoms with Crippen molar-refractivity contribution < 1.29 is 23.3 Å². The molecule has 0 bridgehead atoms. The summed E-state index contributed by atoms with van der Waals surface area (Å²) in [4.78, 5) is 22.8. The van der Waals surface area contributed by atoms with Crippen molar-refractivity contribution in [1.82, 2.24) is 0 Å². The van der Waals surface area contributed by atoms with Crippen LogP contribution in [0.4, 0.5) is 5.69 Å². The van der Waals surface area contributed by atoms with E-state index in [1.807, 2.05) is 13.0 Å². The van der Waals surface area contributed by atoms with Gasteiger partial charge in [-0.3, -0.25) is 19.4 Å². The Morgan fingerprint density at radius 1 is 1.26 bits per heavy atom. The zero-order valence-electron chi connectivity index (χ0n) is 18.1. The Balaban J connectivity index is 2.19. The minimum Gasteiger partial charge on any atom is -0.424 e. The number of rotatable bonds is 13. The molecule has 0 N–H and O–H groups in total. The van der Waals surface area contributed by atoms with Crippen LogP contribution in [0.15, 0.2) is 60.2 Å². The van der Waals surface area contributed by atoms with Crippen LogP contribution in [0.1, 0.15) is 52.4 Å². The molecular formula is C23H30NO6P. The fourth-order valence-electron chi connectivity index (χ4n) is 3.37. The van der Waals surface area contributed by atoms with E-state index in [1.165, 1.54) is 24.3 Å². The molecule has 31 heavy (non-hydrogen) atoms. The highest BCUT2D eigenvalue weighted by molar-refractivity contribution is 7.54. The number of allylic oxidation sites excluding steroid dienone is 4. The van der Waals surface area contributed by atoms with Gasteiger partial charge in [-0.2, -0.15) is 0 Å². The molecular weight excluding hydrogens is 417 g/mol. The van der Waals surface area contributed by atoms with E-state index in [9.17, 15) is 19.5 Å². The molecule has 0 amide bonds. The maximum atomic E-state index is 13.6. The minimum absolute atomic E-state index is 0.0240. The van der Waals surface area contributed by atoms with Gasteiger partial charge in [0.2, 0.25) is 0 Å². The molecule has 0 aliphatic heterocycles. The topological polar surface area (TPSA) is 95.7 Å². The maximum absolute atomic E-state index is 13.6. The third-order valence-corrected chi connectivity index (χ3v) is 7.05. The fourth-order valence-corrected chi connectivity index (χ4v) is 5.28. The second kappa shape index (κ2) is 11.8. The van der Waals surface area contributed by atoms with Gasteiger partial charge in [0.1, 0.15) is 5.75 Å². The summed E-state index contributed by atoms with van der Waals surface area (Å²) >= 11 is 0. The Labute approximate surface area is 183 Å². The second-order valence-corrected chi connectivity index (χ2v) is 9.55. The summed E-state index contributed by atoms with van der Waals surface area (Å²) in [6.07, 6.45) is 9.09. The molecule has 0 radical (unpaired) electrons. The lowest BCUT2D eigenvalue weighted by atomic mass is 10.1. The lowest BCUT2D eigenvalue weighted by Crippen LogP contribution is -2.14. The first-order chi connectivity index (χ1) is 14.8. The van der Waals surface area contributed by atoms with Crippen molar-refractivity contribution in [2.24, 2.45) is 0 Å². The molecule has 168 valence electrons. The summed E-state index contributed by atoms with van der Waals surface area (Å²) in [5, 5.41) is 10.9. The average molecular weight is 447 g/mol. The number of non-ortho nitro benzene ring substituents is 1. The molecule has 0 aromatic heterocycles. The van der Waals surface area contributed by atoms with Crippen molar-refractivity contribution in [3.63, 3.8) is 0 Å². The molecule has 0 saturated heterocycles. The van der Waals surface area contributed by atoms with Crippen molar-refractivity contribution in [2.75, 3.05) is 6.16 Å². The minimum atomic E-state index is -3.58. The highest BCUT2D eigenvalue weighted by atomic mass is 31.2. The zero-order valence-corrected chi connectivity index (χ0v) is 19.0. The first kappa shape index (κ1) is 24.8. The fraction of sp³-hybridized carbons (Fsp3) is 0.435. The van der Waals surface area contributed by atoms with E-state index < -0.39 is 18.6 Å². The quantitative estimate of drug-likeness (QED) is 0.112. The van der Waals surface area contributed by atoms with Crippen molar-refractivity contribution in [1.29, 1.82) is 0 Å². The van der Waals surface area contributed by atoms with Crippen LogP contribution < -0.4 is 4.52 Å². The summed E-state index contributed by atoms with van der Waals surface area (Å²) in [5.74, 6) is 0.216. The molecule has 0 heterocycles. The second-order valence-electron chi connectivity index (χ2n) is 7.49. The summed E-state index contributed by atoms with van der Waals surface area (Å²) in [5.41, 5.74) is 1.35. The molecule has 0 fully saturated rings. The number of carbonyl (C=O) groups is 1. The van der Waals surface area contributed by atoms with E-state index in [0.717, 1.165) is 24.8 Å². The Hall–Kier alpha value is -2.50. The summed E-state index contributed by atoms with van der Waals surface area (Å²) in [7, 11) is -3.58. The van der Waals surface area contributed by atoms with Crippen LogP contribution in [-0.4, -0.2) is 23.0 Å². The molecule has 1 aromatic rings. The first-order valence-corrected chi connectivity index (χ1v) is 12.2. The van der Waals surface area contributed by atoms with Crippen molar-refractivity contribution in [2.45, 2.75) is 58.5 Å². The monoisotopic (exact) mass is 447 g/mol. The van der Waals surface area contributed by atoms with Crippen LogP contribution in [-0.2, 0) is 13.9 Å². The Morgan fingerprint density at radius 3 is 2.58 bits per heavy atom. The van der Waals surface area contributed by atoms with Crippen molar-refractivity contribution in [3.05, 3.63) is 70.3 Å². The van der Waals surface area contributed by atoms with Gasteiger partial charge in [-0.1, -0.05) is 51.0 Å².